The van der Waals surface area contributed by atoms with Crippen LogP contribution in [0.4, 0.5) is 0 Å². The molecular formula is C14H21NO2. The number of hydrogen-bond acceptors (Lipinski definition) is 3. The second-order valence-electron chi connectivity index (χ2n) is 4.57. The van der Waals surface area contributed by atoms with Crippen LogP contribution in [-0.2, 0) is 4.74 Å². The number of hydrogen-bond donors (Lipinski definition) is 1. The van der Waals surface area contributed by atoms with E-state index in [-0.39, 0.29) is 0 Å². The lowest BCUT2D eigenvalue weighted by Crippen LogP contribution is -2.32. The van der Waals surface area contributed by atoms with E-state index < -0.39 is 0 Å². The minimum atomic E-state index is 0.444. The van der Waals surface area contributed by atoms with E-state index in [4.69, 9.17) is 15.2 Å². The first-order valence-electron chi connectivity index (χ1n) is 6.36. The molecule has 3 nitrogen and oxygen atoms in total. The van der Waals surface area contributed by atoms with Crippen molar-refractivity contribution in [1.82, 2.24) is 0 Å². The van der Waals surface area contributed by atoms with Gasteiger partial charge in [0.25, 0.3) is 0 Å². The van der Waals surface area contributed by atoms with Gasteiger partial charge < -0.3 is 15.2 Å². The number of rotatable bonds is 5. The second-order valence-corrected chi connectivity index (χ2v) is 4.57. The Kier molecular flexibility index (Phi) is 4.83. The van der Waals surface area contributed by atoms with Gasteiger partial charge in [-0.15, -0.1) is 0 Å². The largest absolute Gasteiger partial charge is 0.493 e. The Morgan fingerprint density at radius 1 is 1.24 bits per heavy atom. The maximum atomic E-state index is 5.85. The molecule has 1 aliphatic rings. The van der Waals surface area contributed by atoms with Gasteiger partial charge in [0.2, 0.25) is 0 Å². The summed E-state index contributed by atoms with van der Waals surface area (Å²) in [6.45, 7) is 3.14. The number of ether oxygens (including phenoxy) is 2. The first-order valence-corrected chi connectivity index (χ1v) is 6.36. The van der Waals surface area contributed by atoms with Gasteiger partial charge in [0.1, 0.15) is 5.75 Å². The molecule has 1 atom stereocenters. The maximum Gasteiger partial charge on any atom is 0.119 e. The first kappa shape index (κ1) is 12.4. The monoisotopic (exact) mass is 235 g/mol. The van der Waals surface area contributed by atoms with Gasteiger partial charge in [0, 0.05) is 19.1 Å². The predicted molar refractivity (Wildman–Crippen MR) is 68.0 cm³/mol. The zero-order chi connectivity index (χ0) is 11.9. The molecule has 17 heavy (non-hydrogen) atoms. The SMILES string of the molecule is NCC(COc1ccccc1)C1CCOCC1. The van der Waals surface area contributed by atoms with Crippen molar-refractivity contribution in [3.8, 4) is 5.75 Å². The highest BCUT2D eigenvalue weighted by atomic mass is 16.5. The van der Waals surface area contributed by atoms with Gasteiger partial charge in [-0.1, -0.05) is 18.2 Å². The molecule has 94 valence electrons. The second kappa shape index (κ2) is 6.62. The van der Waals surface area contributed by atoms with Crippen LogP contribution < -0.4 is 10.5 Å². The molecule has 3 heteroatoms. The van der Waals surface area contributed by atoms with E-state index in [2.05, 4.69) is 0 Å². The van der Waals surface area contributed by atoms with E-state index >= 15 is 0 Å². The fourth-order valence-electron chi connectivity index (χ4n) is 2.30. The van der Waals surface area contributed by atoms with Crippen LogP contribution in [0.25, 0.3) is 0 Å². The summed E-state index contributed by atoms with van der Waals surface area (Å²) in [7, 11) is 0. The third-order valence-corrected chi connectivity index (χ3v) is 3.44. The van der Waals surface area contributed by atoms with Gasteiger partial charge in [-0.2, -0.15) is 0 Å². The molecule has 1 heterocycles. The highest BCUT2D eigenvalue weighted by molar-refractivity contribution is 5.20. The van der Waals surface area contributed by atoms with Crippen molar-refractivity contribution in [2.24, 2.45) is 17.6 Å². The van der Waals surface area contributed by atoms with E-state index in [1.54, 1.807) is 0 Å². The van der Waals surface area contributed by atoms with Crippen molar-refractivity contribution in [3.05, 3.63) is 30.3 Å². The Bertz CT molecular complexity index is 309. The Morgan fingerprint density at radius 3 is 2.59 bits per heavy atom. The predicted octanol–water partition coefficient (Wildman–Crippen LogP) is 2.07. The van der Waals surface area contributed by atoms with Gasteiger partial charge >= 0.3 is 0 Å². The van der Waals surface area contributed by atoms with E-state index in [0.29, 0.717) is 25.0 Å². The molecule has 1 aromatic carbocycles. The Hall–Kier alpha value is -1.06. The highest BCUT2D eigenvalue weighted by Gasteiger charge is 2.23. The van der Waals surface area contributed by atoms with Gasteiger partial charge in [0.05, 0.1) is 6.61 Å². The summed E-state index contributed by atoms with van der Waals surface area (Å²) in [5.74, 6) is 2.02. The minimum absolute atomic E-state index is 0.444. The molecule has 2 N–H and O–H groups in total. The summed E-state index contributed by atoms with van der Waals surface area (Å²) in [4.78, 5) is 0. The summed E-state index contributed by atoms with van der Waals surface area (Å²) >= 11 is 0. The van der Waals surface area contributed by atoms with Crippen LogP contribution in [-0.4, -0.2) is 26.4 Å². The fraction of sp³-hybridized carbons (Fsp3) is 0.571. The summed E-state index contributed by atoms with van der Waals surface area (Å²) in [5.41, 5.74) is 5.85. The molecule has 0 aliphatic carbocycles. The van der Waals surface area contributed by atoms with Crippen LogP contribution in [0.15, 0.2) is 30.3 Å². The van der Waals surface area contributed by atoms with Crippen molar-refractivity contribution in [2.75, 3.05) is 26.4 Å². The Balaban J connectivity index is 1.82. The smallest absolute Gasteiger partial charge is 0.119 e. The van der Waals surface area contributed by atoms with Crippen LogP contribution in [0.1, 0.15) is 12.8 Å². The fourth-order valence-corrected chi connectivity index (χ4v) is 2.30. The van der Waals surface area contributed by atoms with Crippen molar-refractivity contribution < 1.29 is 9.47 Å². The van der Waals surface area contributed by atoms with Crippen molar-refractivity contribution in [2.45, 2.75) is 12.8 Å². The molecule has 1 unspecified atom stereocenters. The third kappa shape index (κ3) is 3.72. The topological polar surface area (TPSA) is 44.5 Å². The van der Waals surface area contributed by atoms with Gasteiger partial charge in [-0.3, -0.25) is 0 Å². The summed E-state index contributed by atoms with van der Waals surface area (Å²) in [6, 6.07) is 9.93. The summed E-state index contributed by atoms with van der Waals surface area (Å²) < 4.78 is 11.2. The molecule has 0 aromatic heterocycles. The zero-order valence-corrected chi connectivity index (χ0v) is 10.2. The molecule has 0 radical (unpaired) electrons. The molecule has 0 amide bonds. The average Bonchev–Trinajstić information content (AvgIpc) is 2.42. The summed E-state index contributed by atoms with van der Waals surface area (Å²) in [5, 5.41) is 0. The number of nitrogens with two attached hydrogens (primary N) is 1. The number of benzene rings is 1. The van der Waals surface area contributed by atoms with Crippen LogP contribution in [0.3, 0.4) is 0 Å². The Morgan fingerprint density at radius 2 is 1.94 bits per heavy atom. The van der Waals surface area contributed by atoms with Crippen LogP contribution in [0, 0.1) is 11.8 Å². The lowest BCUT2D eigenvalue weighted by molar-refractivity contribution is 0.0381. The van der Waals surface area contributed by atoms with E-state index in [0.717, 1.165) is 31.8 Å². The number of para-hydroxylation sites is 1. The molecule has 1 saturated heterocycles. The molecule has 1 aliphatic heterocycles. The van der Waals surface area contributed by atoms with Gasteiger partial charge in [-0.25, -0.2) is 0 Å². The average molecular weight is 235 g/mol. The van der Waals surface area contributed by atoms with Crippen LogP contribution >= 0.6 is 0 Å². The van der Waals surface area contributed by atoms with Crippen molar-refractivity contribution >= 4 is 0 Å². The minimum Gasteiger partial charge on any atom is -0.493 e. The zero-order valence-electron chi connectivity index (χ0n) is 10.2. The highest BCUT2D eigenvalue weighted by Crippen LogP contribution is 2.24. The van der Waals surface area contributed by atoms with Crippen molar-refractivity contribution in [1.29, 1.82) is 0 Å². The molecule has 0 saturated carbocycles. The van der Waals surface area contributed by atoms with Crippen LogP contribution in [0.2, 0.25) is 0 Å². The first-order chi connectivity index (χ1) is 8.40. The normalized spacial score (nSPS) is 18.9. The van der Waals surface area contributed by atoms with Crippen molar-refractivity contribution in [3.63, 3.8) is 0 Å². The molecule has 2 rings (SSSR count). The van der Waals surface area contributed by atoms with Gasteiger partial charge in [-0.05, 0) is 37.4 Å². The molecular weight excluding hydrogens is 214 g/mol. The summed E-state index contributed by atoms with van der Waals surface area (Å²) in [6.07, 6.45) is 2.22. The Labute approximate surface area is 103 Å². The van der Waals surface area contributed by atoms with Crippen LogP contribution in [0.5, 0.6) is 5.75 Å². The molecule has 1 fully saturated rings. The van der Waals surface area contributed by atoms with Gasteiger partial charge in [0.15, 0.2) is 0 Å². The lowest BCUT2D eigenvalue weighted by atomic mass is 9.86. The molecule has 0 spiro atoms. The lowest BCUT2D eigenvalue weighted by Gasteiger charge is -2.29. The third-order valence-electron chi connectivity index (χ3n) is 3.44. The standard InChI is InChI=1S/C14H21NO2/c15-10-13(12-6-8-16-9-7-12)11-17-14-4-2-1-3-5-14/h1-5,12-13H,6-11,15H2. The molecule has 1 aromatic rings. The van der Waals surface area contributed by atoms with E-state index in [1.165, 1.54) is 0 Å². The van der Waals surface area contributed by atoms with E-state index in [9.17, 15) is 0 Å². The molecule has 0 bridgehead atoms. The van der Waals surface area contributed by atoms with E-state index in [1.807, 2.05) is 30.3 Å². The maximum absolute atomic E-state index is 5.85. The quantitative estimate of drug-likeness (QED) is 0.849.